The fraction of sp³-hybridized carbons (Fsp3) is 0.105. The number of hydrogen-bond acceptors (Lipinski definition) is 7. The molecule has 7 nitrogen and oxygen atoms in total. The topological polar surface area (TPSA) is 121 Å². The molecule has 4 rings (SSSR count). The number of phenolic OH excluding ortho intramolecular Hbond substituents is 2. The Labute approximate surface area is 146 Å². The molecule has 1 unspecified atom stereocenters. The molecule has 2 aromatic carbocycles. The number of benzene rings is 2. The van der Waals surface area contributed by atoms with E-state index in [0.717, 1.165) is 0 Å². The summed E-state index contributed by atoms with van der Waals surface area (Å²) in [5.74, 6) is -3.64. The van der Waals surface area contributed by atoms with Gasteiger partial charge in [-0.15, -0.1) is 0 Å². The van der Waals surface area contributed by atoms with Gasteiger partial charge in [0, 0.05) is 16.7 Å². The number of hydrogen-bond donors (Lipinski definition) is 3. The summed E-state index contributed by atoms with van der Waals surface area (Å²) in [6.45, 7) is 1.65. The smallest absolute Gasteiger partial charge is 0.345 e. The number of aliphatic hydroxyl groups is 1. The summed E-state index contributed by atoms with van der Waals surface area (Å²) < 4.78 is 4.88. The van der Waals surface area contributed by atoms with Crippen molar-refractivity contribution in [3.63, 3.8) is 0 Å². The second kappa shape index (κ2) is 5.27. The molecule has 7 heteroatoms. The van der Waals surface area contributed by atoms with Crippen LogP contribution in [0.2, 0.25) is 0 Å². The van der Waals surface area contributed by atoms with Crippen molar-refractivity contribution in [3.8, 4) is 11.5 Å². The van der Waals surface area contributed by atoms with Gasteiger partial charge in [0.2, 0.25) is 12.1 Å². The van der Waals surface area contributed by atoms with Crippen LogP contribution in [-0.2, 0) is 9.53 Å². The predicted octanol–water partition coefficient (Wildman–Crippen LogP) is 1.79. The van der Waals surface area contributed by atoms with Crippen molar-refractivity contribution < 1.29 is 34.4 Å². The standard InChI is InChI=1S/C19H12O7/c1-7-5-9-12(11(21)6-7)14-15(19(25)26-18(9)24)17(23)13-8(16(14)22)3-2-4-10(13)20/h2-6,18,20-21,24H,1H3. The van der Waals surface area contributed by atoms with Crippen LogP contribution in [-0.4, -0.2) is 32.9 Å². The summed E-state index contributed by atoms with van der Waals surface area (Å²) in [4.78, 5) is 38.3. The Bertz CT molecular complexity index is 1060. The van der Waals surface area contributed by atoms with Crippen molar-refractivity contribution in [2.45, 2.75) is 13.2 Å². The third-order valence-corrected chi connectivity index (χ3v) is 4.45. The summed E-state index contributed by atoms with van der Waals surface area (Å²) in [5, 5.41) is 30.6. The molecule has 3 N–H and O–H groups in total. The number of carbonyl (C=O) groups excluding carboxylic acids is 3. The highest BCUT2D eigenvalue weighted by atomic mass is 16.6. The number of ketones is 2. The number of cyclic esters (lactones) is 1. The van der Waals surface area contributed by atoms with Gasteiger partial charge in [-0.2, -0.15) is 0 Å². The van der Waals surface area contributed by atoms with Crippen LogP contribution < -0.4 is 0 Å². The van der Waals surface area contributed by atoms with Crippen LogP contribution in [0.4, 0.5) is 0 Å². The first-order valence-electron chi connectivity index (χ1n) is 7.70. The average molecular weight is 352 g/mol. The number of ether oxygens (including phenoxy) is 1. The van der Waals surface area contributed by atoms with Gasteiger partial charge in [0.05, 0.1) is 11.1 Å². The van der Waals surface area contributed by atoms with E-state index in [1.807, 2.05) is 0 Å². The Morgan fingerprint density at radius 3 is 2.38 bits per heavy atom. The molecule has 1 heterocycles. The van der Waals surface area contributed by atoms with Crippen LogP contribution in [0, 0.1) is 6.92 Å². The first kappa shape index (κ1) is 16.0. The molecule has 2 aliphatic rings. The highest BCUT2D eigenvalue weighted by molar-refractivity contribution is 6.47. The maximum atomic E-state index is 13.0. The van der Waals surface area contributed by atoms with Crippen LogP contribution in [0.3, 0.4) is 0 Å². The molecule has 0 fully saturated rings. The van der Waals surface area contributed by atoms with E-state index in [0.29, 0.717) is 5.56 Å². The first-order chi connectivity index (χ1) is 12.3. The largest absolute Gasteiger partial charge is 0.507 e. The Kier molecular flexibility index (Phi) is 3.25. The minimum absolute atomic E-state index is 0.00519. The van der Waals surface area contributed by atoms with Gasteiger partial charge in [0.15, 0.2) is 5.78 Å². The van der Waals surface area contributed by atoms with E-state index < -0.39 is 35.1 Å². The summed E-state index contributed by atoms with van der Waals surface area (Å²) in [5.41, 5.74) is -0.931. The third kappa shape index (κ3) is 2.01. The minimum atomic E-state index is -1.76. The van der Waals surface area contributed by atoms with Gasteiger partial charge in [-0.3, -0.25) is 9.59 Å². The molecule has 0 bridgehead atoms. The third-order valence-electron chi connectivity index (χ3n) is 4.45. The van der Waals surface area contributed by atoms with E-state index >= 15 is 0 Å². The van der Waals surface area contributed by atoms with Crippen molar-refractivity contribution in [3.05, 3.63) is 63.7 Å². The maximum Gasteiger partial charge on any atom is 0.345 e. The number of aliphatic hydroxyl groups excluding tert-OH is 1. The number of rotatable bonds is 0. The summed E-state index contributed by atoms with van der Waals surface area (Å²) in [7, 11) is 0. The number of esters is 1. The molecular formula is C19H12O7. The highest BCUT2D eigenvalue weighted by Gasteiger charge is 2.43. The molecule has 1 aliphatic heterocycles. The lowest BCUT2D eigenvalue weighted by molar-refractivity contribution is -0.163. The zero-order valence-electron chi connectivity index (χ0n) is 13.4. The fourth-order valence-corrected chi connectivity index (χ4v) is 3.37. The monoisotopic (exact) mass is 352 g/mol. The molecule has 2 aromatic rings. The van der Waals surface area contributed by atoms with Crippen molar-refractivity contribution in [2.24, 2.45) is 0 Å². The molecule has 0 radical (unpaired) electrons. The van der Waals surface area contributed by atoms with Crippen LogP contribution in [0.5, 0.6) is 11.5 Å². The van der Waals surface area contributed by atoms with Gasteiger partial charge >= 0.3 is 5.97 Å². The molecule has 0 spiro atoms. The summed E-state index contributed by atoms with van der Waals surface area (Å²) in [6, 6.07) is 6.77. The molecule has 0 aromatic heterocycles. The fourth-order valence-electron chi connectivity index (χ4n) is 3.37. The quantitative estimate of drug-likeness (QED) is 0.488. The van der Waals surface area contributed by atoms with E-state index in [9.17, 15) is 29.7 Å². The lowest BCUT2D eigenvalue weighted by Gasteiger charge is -2.20. The molecule has 0 amide bonds. The Morgan fingerprint density at radius 1 is 0.923 bits per heavy atom. The zero-order valence-corrected chi connectivity index (χ0v) is 13.4. The molecule has 0 saturated carbocycles. The van der Waals surface area contributed by atoms with Crippen molar-refractivity contribution in [1.29, 1.82) is 0 Å². The predicted molar refractivity (Wildman–Crippen MR) is 87.6 cm³/mol. The van der Waals surface area contributed by atoms with Crippen molar-refractivity contribution >= 4 is 23.1 Å². The molecular weight excluding hydrogens is 340 g/mol. The number of carbonyl (C=O) groups is 3. The molecule has 1 atom stereocenters. The second-order valence-electron chi connectivity index (χ2n) is 6.11. The molecule has 26 heavy (non-hydrogen) atoms. The molecule has 1 aliphatic carbocycles. The van der Waals surface area contributed by atoms with Gasteiger partial charge < -0.3 is 20.1 Å². The summed E-state index contributed by atoms with van der Waals surface area (Å²) >= 11 is 0. The second-order valence-corrected chi connectivity index (χ2v) is 6.11. The Morgan fingerprint density at radius 2 is 1.65 bits per heavy atom. The zero-order chi connectivity index (χ0) is 18.7. The minimum Gasteiger partial charge on any atom is -0.507 e. The lowest BCUT2D eigenvalue weighted by atomic mass is 9.79. The number of Topliss-reactive ketones (excluding diaryl/α,β-unsaturated/α-hetero) is 2. The Balaban J connectivity index is 2.12. The normalized spacial score (nSPS) is 18.7. The van der Waals surface area contributed by atoms with Gasteiger partial charge in [0.25, 0.3) is 0 Å². The van der Waals surface area contributed by atoms with Crippen LogP contribution >= 0.6 is 0 Å². The number of aryl methyl sites for hydroxylation is 1. The summed E-state index contributed by atoms with van der Waals surface area (Å²) in [6.07, 6.45) is -1.76. The van der Waals surface area contributed by atoms with E-state index in [1.165, 1.54) is 30.3 Å². The number of phenols is 2. The first-order valence-corrected chi connectivity index (χ1v) is 7.70. The van der Waals surface area contributed by atoms with Gasteiger partial charge in [-0.1, -0.05) is 12.1 Å². The maximum absolute atomic E-state index is 13.0. The van der Waals surface area contributed by atoms with Gasteiger partial charge in [-0.25, -0.2) is 4.79 Å². The van der Waals surface area contributed by atoms with Gasteiger partial charge in [-0.05, 0) is 30.7 Å². The SMILES string of the molecule is Cc1cc(O)c2c(c1)C(O)OC(=O)C1=C2C(=O)c2cccc(O)c2C1=O. The lowest BCUT2D eigenvalue weighted by Crippen LogP contribution is -2.26. The van der Waals surface area contributed by atoms with Crippen LogP contribution in [0.15, 0.2) is 35.9 Å². The van der Waals surface area contributed by atoms with E-state index in [-0.39, 0.29) is 33.6 Å². The molecule has 130 valence electrons. The number of fused-ring (bicyclic) bond motifs is 3. The van der Waals surface area contributed by atoms with E-state index in [1.54, 1.807) is 6.92 Å². The Hall–Kier alpha value is -3.45. The molecule has 0 saturated heterocycles. The van der Waals surface area contributed by atoms with Crippen molar-refractivity contribution in [2.75, 3.05) is 0 Å². The van der Waals surface area contributed by atoms with Crippen LogP contribution in [0.1, 0.15) is 43.7 Å². The van der Waals surface area contributed by atoms with E-state index in [4.69, 9.17) is 4.74 Å². The van der Waals surface area contributed by atoms with Crippen molar-refractivity contribution in [1.82, 2.24) is 0 Å². The van der Waals surface area contributed by atoms with E-state index in [2.05, 4.69) is 0 Å². The van der Waals surface area contributed by atoms with Crippen LogP contribution in [0.25, 0.3) is 5.57 Å². The highest BCUT2D eigenvalue weighted by Crippen LogP contribution is 2.44. The van der Waals surface area contributed by atoms with Gasteiger partial charge in [0.1, 0.15) is 17.1 Å². The average Bonchev–Trinajstić information content (AvgIpc) is 2.67. The number of aromatic hydroxyl groups is 2. The number of allylic oxidation sites excluding steroid dienone is 1.